The van der Waals surface area contributed by atoms with Gasteiger partial charge < -0.3 is 15.4 Å². The van der Waals surface area contributed by atoms with Gasteiger partial charge in [0.05, 0.1) is 19.3 Å². The summed E-state index contributed by atoms with van der Waals surface area (Å²) in [7, 11) is 0. The summed E-state index contributed by atoms with van der Waals surface area (Å²) in [6.07, 6.45) is 1.59. The SMILES string of the molecule is CC1CN(CC(=O)N2CCC(C(N)=O)CC2)CCO1. The van der Waals surface area contributed by atoms with Crippen molar-refractivity contribution in [2.75, 3.05) is 39.3 Å². The van der Waals surface area contributed by atoms with Crippen LogP contribution in [0.5, 0.6) is 0 Å². The number of ether oxygens (including phenoxy) is 1. The molecule has 1 atom stereocenters. The Morgan fingerprint density at radius 3 is 2.53 bits per heavy atom. The van der Waals surface area contributed by atoms with Gasteiger partial charge in [-0.3, -0.25) is 14.5 Å². The van der Waals surface area contributed by atoms with Gasteiger partial charge in [0, 0.05) is 32.1 Å². The van der Waals surface area contributed by atoms with Crippen LogP contribution < -0.4 is 5.73 Å². The third-order valence-electron chi connectivity index (χ3n) is 3.93. The second-order valence-electron chi connectivity index (χ2n) is 5.47. The van der Waals surface area contributed by atoms with Crippen molar-refractivity contribution in [2.45, 2.75) is 25.9 Å². The highest BCUT2D eigenvalue weighted by Crippen LogP contribution is 2.17. The Balaban J connectivity index is 1.76. The van der Waals surface area contributed by atoms with Gasteiger partial charge in [0.25, 0.3) is 0 Å². The monoisotopic (exact) mass is 269 g/mol. The van der Waals surface area contributed by atoms with Gasteiger partial charge in [-0.15, -0.1) is 0 Å². The Bertz CT molecular complexity index is 340. The fourth-order valence-electron chi connectivity index (χ4n) is 2.74. The Hall–Kier alpha value is -1.14. The zero-order valence-corrected chi connectivity index (χ0v) is 11.5. The van der Waals surface area contributed by atoms with Gasteiger partial charge in [0.15, 0.2) is 0 Å². The highest BCUT2D eigenvalue weighted by atomic mass is 16.5. The smallest absolute Gasteiger partial charge is 0.236 e. The minimum atomic E-state index is -0.242. The zero-order chi connectivity index (χ0) is 13.8. The first kappa shape index (κ1) is 14.3. The van der Waals surface area contributed by atoms with E-state index in [4.69, 9.17) is 10.5 Å². The van der Waals surface area contributed by atoms with E-state index >= 15 is 0 Å². The van der Waals surface area contributed by atoms with Crippen molar-refractivity contribution in [1.29, 1.82) is 0 Å². The van der Waals surface area contributed by atoms with Crippen LogP contribution in [0.25, 0.3) is 0 Å². The number of likely N-dealkylation sites (tertiary alicyclic amines) is 1. The van der Waals surface area contributed by atoms with E-state index in [0.29, 0.717) is 39.1 Å². The molecule has 6 heteroatoms. The molecule has 0 aliphatic carbocycles. The molecule has 2 saturated heterocycles. The second-order valence-corrected chi connectivity index (χ2v) is 5.47. The van der Waals surface area contributed by atoms with Gasteiger partial charge in [-0.05, 0) is 19.8 Å². The summed E-state index contributed by atoms with van der Waals surface area (Å²) in [6, 6.07) is 0. The number of carbonyl (C=O) groups is 2. The molecule has 19 heavy (non-hydrogen) atoms. The van der Waals surface area contributed by atoms with Crippen molar-refractivity contribution in [1.82, 2.24) is 9.80 Å². The maximum atomic E-state index is 12.2. The fourth-order valence-corrected chi connectivity index (χ4v) is 2.74. The summed E-state index contributed by atoms with van der Waals surface area (Å²) in [4.78, 5) is 27.2. The lowest BCUT2D eigenvalue weighted by atomic mass is 9.96. The molecule has 2 N–H and O–H groups in total. The summed E-state index contributed by atoms with van der Waals surface area (Å²) in [5.74, 6) is -0.154. The van der Waals surface area contributed by atoms with Crippen molar-refractivity contribution in [3.8, 4) is 0 Å². The first-order chi connectivity index (χ1) is 9.06. The molecule has 0 aromatic carbocycles. The third-order valence-corrected chi connectivity index (χ3v) is 3.93. The van der Waals surface area contributed by atoms with Crippen LogP contribution in [0.1, 0.15) is 19.8 Å². The maximum absolute atomic E-state index is 12.2. The van der Waals surface area contributed by atoms with E-state index in [-0.39, 0.29) is 23.8 Å². The minimum Gasteiger partial charge on any atom is -0.376 e. The van der Waals surface area contributed by atoms with Crippen LogP contribution in [0.4, 0.5) is 0 Å². The van der Waals surface area contributed by atoms with Crippen molar-refractivity contribution in [3.63, 3.8) is 0 Å². The predicted molar refractivity (Wildman–Crippen MR) is 70.4 cm³/mol. The van der Waals surface area contributed by atoms with Crippen molar-refractivity contribution in [2.24, 2.45) is 11.7 Å². The Kier molecular flexibility index (Phi) is 4.76. The Labute approximate surface area is 113 Å². The molecule has 0 bridgehead atoms. The van der Waals surface area contributed by atoms with Crippen LogP contribution in [0.15, 0.2) is 0 Å². The molecule has 2 heterocycles. The number of nitrogens with zero attached hydrogens (tertiary/aromatic N) is 2. The van der Waals surface area contributed by atoms with Crippen LogP contribution in [0, 0.1) is 5.92 Å². The molecule has 2 aliphatic heterocycles. The normalized spacial score (nSPS) is 26.4. The number of hydrogen-bond donors (Lipinski definition) is 1. The van der Waals surface area contributed by atoms with Gasteiger partial charge in [-0.25, -0.2) is 0 Å². The van der Waals surface area contributed by atoms with E-state index in [9.17, 15) is 9.59 Å². The molecule has 0 radical (unpaired) electrons. The number of carbonyl (C=O) groups excluding carboxylic acids is 2. The van der Waals surface area contributed by atoms with Crippen LogP contribution in [0.3, 0.4) is 0 Å². The molecule has 2 aliphatic rings. The molecule has 108 valence electrons. The number of primary amides is 1. The lowest BCUT2D eigenvalue weighted by Gasteiger charge is -2.35. The zero-order valence-electron chi connectivity index (χ0n) is 11.5. The van der Waals surface area contributed by atoms with Crippen LogP contribution >= 0.6 is 0 Å². The molecular formula is C13H23N3O3. The highest BCUT2D eigenvalue weighted by Gasteiger charge is 2.27. The summed E-state index contributed by atoms with van der Waals surface area (Å²) >= 11 is 0. The van der Waals surface area contributed by atoms with E-state index in [1.165, 1.54) is 0 Å². The average molecular weight is 269 g/mol. The molecule has 2 amide bonds. The number of rotatable bonds is 3. The lowest BCUT2D eigenvalue weighted by Crippen LogP contribution is -2.49. The third kappa shape index (κ3) is 3.91. The quantitative estimate of drug-likeness (QED) is 0.744. The van der Waals surface area contributed by atoms with Gasteiger partial charge in [-0.1, -0.05) is 0 Å². The molecule has 1 unspecified atom stereocenters. The summed E-state index contributed by atoms with van der Waals surface area (Å²) < 4.78 is 5.46. The van der Waals surface area contributed by atoms with E-state index in [1.54, 1.807) is 0 Å². The summed E-state index contributed by atoms with van der Waals surface area (Å²) in [6.45, 7) is 6.08. The predicted octanol–water partition coefficient (Wildman–Crippen LogP) is -0.569. The van der Waals surface area contributed by atoms with Crippen LogP contribution in [-0.2, 0) is 14.3 Å². The molecule has 6 nitrogen and oxygen atoms in total. The van der Waals surface area contributed by atoms with Gasteiger partial charge in [0.2, 0.25) is 11.8 Å². The highest BCUT2D eigenvalue weighted by molar-refractivity contribution is 5.80. The summed E-state index contributed by atoms with van der Waals surface area (Å²) in [5, 5.41) is 0. The number of piperidine rings is 1. The molecule has 0 aromatic rings. The summed E-state index contributed by atoms with van der Waals surface area (Å²) in [5.41, 5.74) is 5.29. The molecule has 0 saturated carbocycles. The Morgan fingerprint density at radius 2 is 1.95 bits per heavy atom. The minimum absolute atomic E-state index is 0.0625. The number of hydrogen-bond acceptors (Lipinski definition) is 4. The topological polar surface area (TPSA) is 75.9 Å². The first-order valence-corrected chi connectivity index (χ1v) is 6.97. The standard InChI is InChI=1S/C13H23N3O3/c1-10-8-15(6-7-19-10)9-12(17)16-4-2-11(3-5-16)13(14)18/h10-11H,2-9H2,1H3,(H2,14,18). The second kappa shape index (κ2) is 6.34. The molecule has 0 aromatic heterocycles. The van der Waals surface area contributed by atoms with E-state index < -0.39 is 0 Å². The Morgan fingerprint density at radius 1 is 1.26 bits per heavy atom. The number of morpholine rings is 1. The number of nitrogens with two attached hydrogens (primary N) is 1. The first-order valence-electron chi connectivity index (χ1n) is 6.97. The molecule has 0 spiro atoms. The lowest BCUT2D eigenvalue weighted by molar-refractivity contribution is -0.137. The fraction of sp³-hybridized carbons (Fsp3) is 0.846. The molecule has 2 rings (SSSR count). The van der Waals surface area contributed by atoms with E-state index in [1.807, 2.05) is 11.8 Å². The van der Waals surface area contributed by atoms with Crippen molar-refractivity contribution < 1.29 is 14.3 Å². The largest absolute Gasteiger partial charge is 0.376 e. The molecule has 2 fully saturated rings. The van der Waals surface area contributed by atoms with Crippen LogP contribution in [0.2, 0.25) is 0 Å². The van der Waals surface area contributed by atoms with E-state index in [0.717, 1.165) is 13.1 Å². The molecular weight excluding hydrogens is 246 g/mol. The van der Waals surface area contributed by atoms with Crippen molar-refractivity contribution in [3.05, 3.63) is 0 Å². The average Bonchev–Trinajstić information content (AvgIpc) is 2.39. The van der Waals surface area contributed by atoms with Gasteiger partial charge >= 0.3 is 0 Å². The van der Waals surface area contributed by atoms with Gasteiger partial charge in [0.1, 0.15) is 0 Å². The number of amides is 2. The maximum Gasteiger partial charge on any atom is 0.236 e. The van der Waals surface area contributed by atoms with Crippen LogP contribution in [-0.4, -0.2) is 67.0 Å². The van der Waals surface area contributed by atoms with E-state index in [2.05, 4.69) is 4.90 Å². The van der Waals surface area contributed by atoms with Gasteiger partial charge in [-0.2, -0.15) is 0 Å². The van der Waals surface area contributed by atoms with Crippen molar-refractivity contribution >= 4 is 11.8 Å².